The average Bonchev–Trinajstić information content (AvgIpc) is 3.02. The second-order valence-corrected chi connectivity index (χ2v) is 6.23. The summed E-state index contributed by atoms with van der Waals surface area (Å²) in [7, 11) is 0. The van der Waals surface area contributed by atoms with E-state index in [2.05, 4.69) is 10.3 Å². The predicted molar refractivity (Wildman–Crippen MR) is 100 cm³/mol. The van der Waals surface area contributed by atoms with Crippen LogP contribution in [-0.2, 0) is 11.2 Å². The molecular weight excluding hydrogens is 347 g/mol. The molecule has 1 aromatic heterocycles. The second kappa shape index (κ2) is 8.49. The van der Waals surface area contributed by atoms with Crippen molar-refractivity contribution in [1.82, 2.24) is 10.3 Å². The molecule has 0 saturated carbocycles. The Hall–Kier alpha value is -3.15. The van der Waals surface area contributed by atoms with Crippen molar-refractivity contribution in [2.45, 2.75) is 20.3 Å². The van der Waals surface area contributed by atoms with Crippen LogP contribution in [0.25, 0.3) is 11.5 Å². The summed E-state index contributed by atoms with van der Waals surface area (Å²) in [6.45, 7) is 4.19. The van der Waals surface area contributed by atoms with Gasteiger partial charge in [0.15, 0.2) is 6.61 Å². The highest BCUT2D eigenvalue weighted by atomic mass is 19.1. The van der Waals surface area contributed by atoms with Gasteiger partial charge in [0, 0.05) is 18.5 Å². The van der Waals surface area contributed by atoms with E-state index in [1.54, 1.807) is 12.1 Å². The number of rotatable bonds is 7. The van der Waals surface area contributed by atoms with Crippen molar-refractivity contribution in [3.63, 3.8) is 0 Å². The average molecular weight is 368 g/mol. The summed E-state index contributed by atoms with van der Waals surface area (Å²) in [6, 6.07) is 13.5. The first kappa shape index (κ1) is 18.6. The van der Waals surface area contributed by atoms with Crippen molar-refractivity contribution in [2.24, 2.45) is 0 Å². The van der Waals surface area contributed by atoms with Crippen LogP contribution in [0.5, 0.6) is 5.75 Å². The zero-order valence-electron chi connectivity index (χ0n) is 15.3. The Morgan fingerprint density at radius 1 is 1.11 bits per heavy atom. The van der Waals surface area contributed by atoms with Gasteiger partial charge in [-0.1, -0.05) is 17.7 Å². The van der Waals surface area contributed by atoms with E-state index in [1.165, 1.54) is 12.1 Å². The van der Waals surface area contributed by atoms with Crippen LogP contribution < -0.4 is 10.1 Å². The number of oxazole rings is 1. The van der Waals surface area contributed by atoms with E-state index in [-0.39, 0.29) is 18.3 Å². The van der Waals surface area contributed by atoms with Crippen molar-refractivity contribution < 1.29 is 18.3 Å². The maximum absolute atomic E-state index is 13.0. The molecule has 2 aromatic carbocycles. The van der Waals surface area contributed by atoms with Gasteiger partial charge in [-0.05, 0) is 50.2 Å². The summed E-state index contributed by atoms with van der Waals surface area (Å²) in [4.78, 5) is 16.3. The molecule has 140 valence electrons. The SMILES string of the molecule is Cc1ccc(OCC(=O)NCCc2nc(-c3ccc(F)cc3)oc2C)cc1. The lowest BCUT2D eigenvalue weighted by molar-refractivity contribution is -0.123. The summed E-state index contributed by atoms with van der Waals surface area (Å²) in [5, 5.41) is 2.80. The van der Waals surface area contributed by atoms with Gasteiger partial charge in [-0.2, -0.15) is 0 Å². The van der Waals surface area contributed by atoms with E-state index < -0.39 is 0 Å². The molecule has 1 amide bonds. The van der Waals surface area contributed by atoms with E-state index in [0.29, 0.717) is 35.9 Å². The second-order valence-electron chi connectivity index (χ2n) is 6.23. The van der Waals surface area contributed by atoms with Crippen molar-refractivity contribution in [2.75, 3.05) is 13.2 Å². The van der Waals surface area contributed by atoms with Gasteiger partial charge >= 0.3 is 0 Å². The van der Waals surface area contributed by atoms with Crippen LogP contribution in [-0.4, -0.2) is 24.0 Å². The highest BCUT2D eigenvalue weighted by Gasteiger charge is 2.12. The molecule has 0 aliphatic heterocycles. The molecule has 0 unspecified atom stereocenters. The Morgan fingerprint density at radius 2 is 1.81 bits per heavy atom. The maximum Gasteiger partial charge on any atom is 0.257 e. The summed E-state index contributed by atoms with van der Waals surface area (Å²) in [5.74, 6) is 1.27. The molecule has 3 rings (SSSR count). The zero-order valence-corrected chi connectivity index (χ0v) is 15.3. The minimum absolute atomic E-state index is 0.0400. The molecule has 27 heavy (non-hydrogen) atoms. The predicted octanol–water partition coefficient (Wildman–Crippen LogP) is 3.84. The minimum atomic E-state index is -0.308. The molecule has 0 bridgehead atoms. The number of carbonyl (C=O) groups is 1. The fourth-order valence-corrected chi connectivity index (χ4v) is 2.53. The number of carbonyl (C=O) groups excluding carboxylic acids is 1. The molecule has 6 heteroatoms. The fraction of sp³-hybridized carbons (Fsp3) is 0.238. The fourth-order valence-electron chi connectivity index (χ4n) is 2.53. The number of nitrogens with zero attached hydrogens (tertiary/aromatic N) is 1. The summed E-state index contributed by atoms with van der Waals surface area (Å²) in [5.41, 5.74) is 2.60. The molecular formula is C21H21FN2O3. The third kappa shape index (κ3) is 5.17. The third-order valence-corrected chi connectivity index (χ3v) is 4.06. The van der Waals surface area contributed by atoms with Crippen LogP contribution in [0, 0.1) is 19.7 Å². The molecule has 0 fully saturated rings. The standard InChI is InChI=1S/C21H21FN2O3/c1-14-3-9-18(10-4-14)26-13-20(25)23-12-11-19-15(2)27-21(24-19)16-5-7-17(22)8-6-16/h3-10H,11-13H2,1-2H3,(H,23,25). The number of nitrogens with one attached hydrogen (secondary N) is 1. The Kier molecular flexibility index (Phi) is 5.86. The van der Waals surface area contributed by atoms with E-state index in [4.69, 9.17) is 9.15 Å². The Morgan fingerprint density at radius 3 is 2.52 bits per heavy atom. The first-order valence-electron chi connectivity index (χ1n) is 8.69. The Balaban J connectivity index is 1.48. The van der Waals surface area contributed by atoms with E-state index in [9.17, 15) is 9.18 Å². The molecule has 5 nitrogen and oxygen atoms in total. The van der Waals surface area contributed by atoms with Crippen LogP contribution in [0.4, 0.5) is 4.39 Å². The van der Waals surface area contributed by atoms with Crippen LogP contribution in [0.15, 0.2) is 52.9 Å². The minimum Gasteiger partial charge on any atom is -0.484 e. The number of benzene rings is 2. The summed E-state index contributed by atoms with van der Waals surface area (Å²) in [6.07, 6.45) is 0.535. The summed E-state index contributed by atoms with van der Waals surface area (Å²) >= 11 is 0. The number of hydrogen-bond donors (Lipinski definition) is 1. The first-order valence-corrected chi connectivity index (χ1v) is 8.69. The van der Waals surface area contributed by atoms with Crippen LogP contribution >= 0.6 is 0 Å². The number of aromatic nitrogens is 1. The van der Waals surface area contributed by atoms with Gasteiger partial charge < -0.3 is 14.5 Å². The lowest BCUT2D eigenvalue weighted by Gasteiger charge is -2.07. The van der Waals surface area contributed by atoms with Crippen LogP contribution in [0.1, 0.15) is 17.0 Å². The van der Waals surface area contributed by atoms with E-state index in [0.717, 1.165) is 11.3 Å². The van der Waals surface area contributed by atoms with E-state index in [1.807, 2.05) is 38.1 Å². The van der Waals surface area contributed by atoms with Gasteiger partial charge in [0.05, 0.1) is 5.69 Å². The van der Waals surface area contributed by atoms with Gasteiger partial charge in [0.2, 0.25) is 5.89 Å². The molecule has 0 aliphatic carbocycles. The topological polar surface area (TPSA) is 64.4 Å². The molecule has 1 N–H and O–H groups in total. The van der Waals surface area contributed by atoms with Gasteiger partial charge in [0.1, 0.15) is 17.3 Å². The molecule has 0 aliphatic rings. The maximum atomic E-state index is 13.0. The van der Waals surface area contributed by atoms with Crippen molar-refractivity contribution in [3.8, 4) is 17.2 Å². The lowest BCUT2D eigenvalue weighted by atomic mass is 10.2. The van der Waals surface area contributed by atoms with Crippen molar-refractivity contribution in [3.05, 3.63) is 71.4 Å². The first-order chi connectivity index (χ1) is 13.0. The van der Waals surface area contributed by atoms with Crippen LogP contribution in [0.3, 0.4) is 0 Å². The quantitative estimate of drug-likeness (QED) is 0.688. The monoisotopic (exact) mass is 368 g/mol. The molecule has 1 heterocycles. The zero-order chi connectivity index (χ0) is 19.2. The van der Waals surface area contributed by atoms with E-state index >= 15 is 0 Å². The Labute approximate surface area is 157 Å². The van der Waals surface area contributed by atoms with Gasteiger partial charge in [-0.25, -0.2) is 9.37 Å². The summed E-state index contributed by atoms with van der Waals surface area (Å²) < 4.78 is 24.1. The largest absolute Gasteiger partial charge is 0.484 e. The third-order valence-electron chi connectivity index (χ3n) is 4.06. The molecule has 0 atom stereocenters. The van der Waals surface area contributed by atoms with Gasteiger partial charge in [0.25, 0.3) is 5.91 Å². The number of halogens is 1. The number of aryl methyl sites for hydroxylation is 2. The van der Waals surface area contributed by atoms with Gasteiger partial charge in [-0.15, -0.1) is 0 Å². The highest BCUT2D eigenvalue weighted by Crippen LogP contribution is 2.22. The molecule has 0 saturated heterocycles. The molecule has 0 spiro atoms. The highest BCUT2D eigenvalue weighted by molar-refractivity contribution is 5.77. The normalized spacial score (nSPS) is 10.6. The smallest absolute Gasteiger partial charge is 0.257 e. The van der Waals surface area contributed by atoms with Crippen molar-refractivity contribution >= 4 is 5.91 Å². The van der Waals surface area contributed by atoms with Crippen molar-refractivity contribution in [1.29, 1.82) is 0 Å². The molecule has 0 radical (unpaired) electrons. The van der Waals surface area contributed by atoms with Crippen LogP contribution in [0.2, 0.25) is 0 Å². The number of amides is 1. The Bertz CT molecular complexity index is 902. The lowest BCUT2D eigenvalue weighted by Crippen LogP contribution is -2.30. The number of ether oxygens (including phenoxy) is 1. The molecule has 3 aromatic rings. The van der Waals surface area contributed by atoms with Gasteiger partial charge in [-0.3, -0.25) is 4.79 Å². The number of hydrogen-bond acceptors (Lipinski definition) is 4.